The van der Waals surface area contributed by atoms with Crippen molar-refractivity contribution in [2.75, 3.05) is 0 Å². The van der Waals surface area contributed by atoms with E-state index in [2.05, 4.69) is 191 Å². The molecule has 0 saturated carbocycles. The summed E-state index contributed by atoms with van der Waals surface area (Å²) < 4.78 is 7.50. The first kappa shape index (κ1) is 28.4. The van der Waals surface area contributed by atoms with Crippen LogP contribution in [0.15, 0.2) is 182 Å². The van der Waals surface area contributed by atoms with Crippen molar-refractivity contribution in [1.82, 2.24) is 9.13 Å². The maximum atomic E-state index is 2.47. The van der Waals surface area contributed by atoms with Crippen molar-refractivity contribution in [1.29, 1.82) is 0 Å². The van der Waals surface area contributed by atoms with Gasteiger partial charge in [0.1, 0.15) is 0 Å². The smallest absolute Gasteiger partial charge is 0.0547 e. The Morgan fingerprint density at radius 3 is 1.75 bits per heavy atom. The molecule has 0 aliphatic rings. The minimum absolute atomic E-state index is 1.17. The van der Waals surface area contributed by atoms with Crippen LogP contribution in [-0.2, 0) is 0 Å². The number of nitrogens with zero attached hydrogens (tertiary/aromatic N) is 2. The molecule has 8 aromatic carbocycles. The SMILES string of the molecule is c1ccc(-n2c3ccccc3c3cc(-c4ccc5c6ccccc6n(-c6ccccc6-c6ccc7sc8ccccc8c7c6)c5c4)ccc32)cc1. The van der Waals surface area contributed by atoms with Gasteiger partial charge < -0.3 is 9.13 Å². The van der Waals surface area contributed by atoms with Crippen molar-refractivity contribution in [2.24, 2.45) is 0 Å². The zero-order valence-corrected chi connectivity index (χ0v) is 28.4. The van der Waals surface area contributed by atoms with Crippen LogP contribution in [-0.4, -0.2) is 9.13 Å². The summed E-state index contributed by atoms with van der Waals surface area (Å²) in [5, 5.41) is 7.67. The van der Waals surface area contributed by atoms with Crippen LogP contribution in [0.3, 0.4) is 0 Å². The van der Waals surface area contributed by atoms with Gasteiger partial charge in [-0.15, -0.1) is 11.3 Å². The van der Waals surface area contributed by atoms with Crippen molar-refractivity contribution in [2.45, 2.75) is 0 Å². The molecule has 3 heterocycles. The maximum Gasteiger partial charge on any atom is 0.0547 e. The monoisotopic (exact) mass is 666 g/mol. The fourth-order valence-electron chi connectivity index (χ4n) is 8.22. The van der Waals surface area contributed by atoms with Crippen molar-refractivity contribution < 1.29 is 0 Å². The summed E-state index contributed by atoms with van der Waals surface area (Å²) in [5.74, 6) is 0. The molecule has 0 atom stereocenters. The molecule has 11 aromatic rings. The van der Waals surface area contributed by atoms with Gasteiger partial charge in [-0.05, 0) is 83.4 Å². The molecule has 51 heavy (non-hydrogen) atoms. The van der Waals surface area contributed by atoms with Crippen molar-refractivity contribution in [3.8, 4) is 33.6 Å². The molecule has 3 heteroatoms. The molecule has 11 rings (SSSR count). The van der Waals surface area contributed by atoms with Crippen LogP contribution < -0.4 is 0 Å². The van der Waals surface area contributed by atoms with Gasteiger partial charge in [0.25, 0.3) is 0 Å². The summed E-state index contributed by atoms with van der Waals surface area (Å²) >= 11 is 1.87. The number of rotatable bonds is 4. The van der Waals surface area contributed by atoms with Gasteiger partial charge in [0, 0.05) is 53.0 Å². The van der Waals surface area contributed by atoms with Gasteiger partial charge in [0.15, 0.2) is 0 Å². The standard InChI is InChI=1S/C48H30N2S/c1-2-12-34(13-3-1)49-43-19-9-6-16-37(43)40-28-31(23-26-45(40)49)32-22-25-38-36-15-5-10-20-44(36)50(46(38)30-32)42-18-8-4-14-35(42)33-24-27-48-41(29-33)39-17-7-11-21-47(39)51-48/h1-30H. The number of aromatic nitrogens is 2. The van der Waals surface area contributed by atoms with E-state index in [0.717, 1.165) is 0 Å². The van der Waals surface area contributed by atoms with Crippen LogP contribution in [0.4, 0.5) is 0 Å². The lowest BCUT2D eigenvalue weighted by Crippen LogP contribution is -1.97. The molecule has 0 unspecified atom stereocenters. The molecule has 0 amide bonds. The molecule has 238 valence electrons. The quantitative estimate of drug-likeness (QED) is 0.177. The first-order valence-corrected chi connectivity index (χ1v) is 18.3. The van der Waals surface area contributed by atoms with E-state index in [0.29, 0.717) is 0 Å². The van der Waals surface area contributed by atoms with Gasteiger partial charge in [0.05, 0.1) is 27.8 Å². The lowest BCUT2D eigenvalue weighted by Gasteiger charge is -2.15. The van der Waals surface area contributed by atoms with Crippen LogP contribution >= 0.6 is 11.3 Å². The third-order valence-electron chi connectivity index (χ3n) is 10.5. The van der Waals surface area contributed by atoms with Crippen LogP contribution in [0.1, 0.15) is 0 Å². The molecular formula is C48H30N2S. The molecule has 0 saturated heterocycles. The average molecular weight is 667 g/mol. The predicted octanol–water partition coefficient (Wildman–Crippen LogP) is 13.6. The van der Waals surface area contributed by atoms with Crippen molar-refractivity contribution >= 4 is 75.1 Å². The van der Waals surface area contributed by atoms with Gasteiger partial charge in [-0.2, -0.15) is 0 Å². The van der Waals surface area contributed by atoms with E-state index in [1.165, 1.54) is 97.4 Å². The fourth-order valence-corrected chi connectivity index (χ4v) is 9.31. The number of para-hydroxylation sites is 4. The molecular weight excluding hydrogens is 637 g/mol. The molecule has 0 radical (unpaired) electrons. The zero-order chi connectivity index (χ0) is 33.5. The lowest BCUT2D eigenvalue weighted by molar-refractivity contribution is 1.18. The summed E-state index contributed by atoms with van der Waals surface area (Å²) in [6.07, 6.45) is 0. The third kappa shape index (κ3) is 4.29. The van der Waals surface area contributed by atoms with Gasteiger partial charge in [0.2, 0.25) is 0 Å². The molecule has 0 spiro atoms. The highest BCUT2D eigenvalue weighted by Crippen LogP contribution is 2.41. The summed E-state index contributed by atoms with van der Waals surface area (Å²) in [7, 11) is 0. The Hall–Kier alpha value is -6.42. The highest BCUT2D eigenvalue weighted by molar-refractivity contribution is 7.25. The molecule has 0 fully saturated rings. The lowest BCUT2D eigenvalue weighted by atomic mass is 10.00. The van der Waals surface area contributed by atoms with Crippen LogP contribution in [0, 0.1) is 0 Å². The highest BCUT2D eigenvalue weighted by atomic mass is 32.1. The van der Waals surface area contributed by atoms with E-state index in [-0.39, 0.29) is 0 Å². The normalized spacial score (nSPS) is 11.9. The van der Waals surface area contributed by atoms with E-state index in [1.54, 1.807) is 0 Å². The first-order valence-electron chi connectivity index (χ1n) is 17.4. The average Bonchev–Trinajstić information content (AvgIpc) is 3.85. The van der Waals surface area contributed by atoms with E-state index in [1.807, 2.05) is 11.3 Å². The van der Waals surface area contributed by atoms with Crippen LogP contribution in [0.5, 0.6) is 0 Å². The minimum atomic E-state index is 1.17. The van der Waals surface area contributed by atoms with Gasteiger partial charge in [-0.3, -0.25) is 0 Å². The Morgan fingerprint density at radius 1 is 0.314 bits per heavy atom. The Kier molecular flexibility index (Phi) is 6.16. The van der Waals surface area contributed by atoms with Crippen LogP contribution in [0.2, 0.25) is 0 Å². The Morgan fingerprint density at radius 2 is 0.882 bits per heavy atom. The number of fused-ring (bicyclic) bond motifs is 9. The van der Waals surface area contributed by atoms with E-state index < -0.39 is 0 Å². The van der Waals surface area contributed by atoms with Crippen LogP contribution in [0.25, 0.3) is 97.4 Å². The molecule has 3 aromatic heterocycles. The summed E-state index contributed by atoms with van der Waals surface area (Å²) in [4.78, 5) is 0. The van der Waals surface area contributed by atoms with E-state index in [9.17, 15) is 0 Å². The molecule has 0 bridgehead atoms. The number of thiophene rings is 1. The predicted molar refractivity (Wildman–Crippen MR) is 219 cm³/mol. The second-order valence-corrected chi connectivity index (χ2v) is 14.4. The van der Waals surface area contributed by atoms with E-state index >= 15 is 0 Å². The largest absolute Gasteiger partial charge is 0.309 e. The second-order valence-electron chi connectivity index (χ2n) is 13.3. The Balaban J connectivity index is 1.13. The maximum absolute atomic E-state index is 2.47. The first-order chi connectivity index (χ1) is 25.3. The molecule has 0 N–H and O–H groups in total. The Bertz CT molecular complexity index is 3140. The summed E-state index contributed by atoms with van der Waals surface area (Å²) in [6.45, 7) is 0. The molecule has 0 aliphatic heterocycles. The molecule has 0 aliphatic carbocycles. The number of hydrogen-bond acceptors (Lipinski definition) is 1. The summed E-state index contributed by atoms with van der Waals surface area (Å²) in [6, 6.07) is 66.7. The number of hydrogen-bond donors (Lipinski definition) is 0. The van der Waals surface area contributed by atoms with Gasteiger partial charge in [-0.25, -0.2) is 0 Å². The Labute approximate surface area is 298 Å². The van der Waals surface area contributed by atoms with E-state index in [4.69, 9.17) is 0 Å². The topological polar surface area (TPSA) is 9.86 Å². The fraction of sp³-hybridized carbons (Fsp3) is 0. The second kappa shape index (κ2) is 11.0. The van der Waals surface area contributed by atoms with Gasteiger partial charge >= 0.3 is 0 Å². The third-order valence-corrected chi connectivity index (χ3v) is 11.7. The minimum Gasteiger partial charge on any atom is -0.309 e. The van der Waals surface area contributed by atoms with Crippen molar-refractivity contribution in [3.63, 3.8) is 0 Å². The van der Waals surface area contributed by atoms with Gasteiger partial charge in [-0.1, -0.05) is 115 Å². The molecule has 2 nitrogen and oxygen atoms in total. The zero-order valence-electron chi connectivity index (χ0n) is 27.6. The van der Waals surface area contributed by atoms with Crippen molar-refractivity contribution in [3.05, 3.63) is 182 Å². The highest BCUT2D eigenvalue weighted by Gasteiger charge is 2.18. The number of benzene rings is 8. The summed E-state index contributed by atoms with van der Waals surface area (Å²) in [5.41, 5.74) is 12.1.